The molecule has 0 heterocycles. The van der Waals surface area contributed by atoms with Crippen molar-refractivity contribution >= 4 is 5.78 Å². The average Bonchev–Trinajstić information content (AvgIpc) is 2.18. The number of hydrogen-bond acceptors (Lipinski definition) is 1. The van der Waals surface area contributed by atoms with E-state index in [-0.39, 0.29) is 10.8 Å². The first-order chi connectivity index (χ1) is 7.36. The second kappa shape index (κ2) is 3.72. The quantitative estimate of drug-likeness (QED) is 0.653. The van der Waals surface area contributed by atoms with Gasteiger partial charge in [-0.1, -0.05) is 33.8 Å². The summed E-state index contributed by atoms with van der Waals surface area (Å²) in [6.45, 7) is 9.30. The zero-order valence-electron chi connectivity index (χ0n) is 11.0. The van der Waals surface area contributed by atoms with Crippen LogP contribution >= 0.6 is 0 Å². The summed E-state index contributed by atoms with van der Waals surface area (Å²) in [6, 6.07) is 0. The highest BCUT2D eigenvalue weighted by molar-refractivity contribution is 5.91. The molecule has 1 fully saturated rings. The number of fused-ring (bicyclic) bond motifs is 1. The third kappa shape index (κ3) is 1.74. The summed E-state index contributed by atoms with van der Waals surface area (Å²) in [5, 5.41) is 0. The van der Waals surface area contributed by atoms with E-state index < -0.39 is 0 Å². The summed E-state index contributed by atoms with van der Waals surface area (Å²) in [7, 11) is 0. The second-order valence-corrected chi connectivity index (χ2v) is 6.70. The van der Waals surface area contributed by atoms with E-state index in [0.717, 1.165) is 18.3 Å². The topological polar surface area (TPSA) is 17.1 Å². The van der Waals surface area contributed by atoms with Crippen LogP contribution in [0.5, 0.6) is 0 Å². The highest BCUT2D eigenvalue weighted by atomic mass is 16.1. The van der Waals surface area contributed by atoms with Crippen molar-refractivity contribution in [2.24, 2.45) is 22.7 Å². The van der Waals surface area contributed by atoms with Crippen molar-refractivity contribution in [2.45, 2.75) is 53.4 Å². The van der Waals surface area contributed by atoms with Crippen molar-refractivity contribution in [2.75, 3.05) is 0 Å². The van der Waals surface area contributed by atoms with Crippen LogP contribution in [-0.2, 0) is 4.79 Å². The maximum absolute atomic E-state index is 11.7. The first-order valence-electron chi connectivity index (χ1n) is 6.58. The molecule has 0 aromatic heterocycles. The van der Waals surface area contributed by atoms with Crippen molar-refractivity contribution in [1.29, 1.82) is 0 Å². The molecule has 0 aromatic rings. The summed E-state index contributed by atoms with van der Waals surface area (Å²) >= 11 is 0. The molecule has 0 radical (unpaired) electrons. The van der Waals surface area contributed by atoms with Gasteiger partial charge in [-0.15, -0.1) is 0 Å². The Morgan fingerprint density at radius 1 is 1.38 bits per heavy atom. The Kier molecular flexibility index (Phi) is 2.76. The van der Waals surface area contributed by atoms with Gasteiger partial charge in [-0.05, 0) is 48.0 Å². The largest absolute Gasteiger partial charge is 0.295 e. The molecule has 0 aliphatic heterocycles. The van der Waals surface area contributed by atoms with E-state index in [1.165, 1.54) is 19.3 Å². The molecule has 1 nitrogen and oxygen atoms in total. The molecule has 0 aromatic carbocycles. The van der Waals surface area contributed by atoms with Crippen LogP contribution in [0.2, 0.25) is 0 Å². The lowest BCUT2D eigenvalue weighted by Crippen LogP contribution is -2.46. The smallest absolute Gasteiger partial charge is 0.155 e. The molecule has 0 amide bonds. The van der Waals surface area contributed by atoms with Gasteiger partial charge in [0.15, 0.2) is 5.78 Å². The molecular formula is C15H24O. The fraction of sp³-hybridized carbons (Fsp3) is 0.800. The second-order valence-electron chi connectivity index (χ2n) is 6.70. The zero-order valence-corrected chi connectivity index (χ0v) is 11.0. The summed E-state index contributed by atoms with van der Waals surface area (Å²) in [5.41, 5.74) is 0.457. The van der Waals surface area contributed by atoms with Gasteiger partial charge in [0.1, 0.15) is 0 Å². The number of carbonyl (C=O) groups is 1. The van der Waals surface area contributed by atoms with E-state index >= 15 is 0 Å². The predicted molar refractivity (Wildman–Crippen MR) is 67.2 cm³/mol. The van der Waals surface area contributed by atoms with Gasteiger partial charge in [-0.3, -0.25) is 4.79 Å². The monoisotopic (exact) mass is 220 g/mol. The number of hydrogen-bond donors (Lipinski definition) is 0. The van der Waals surface area contributed by atoms with Crippen LogP contribution in [0, 0.1) is 22.7 Å². The van der Waals surface area contributed by atoms with E-state index in [2.05, 4.69) is 33.8 Å². The molecular weight excluding hydrogens is 196 g/mol. The van der Waals surface area contributed by atoms with Crippen LogP contribution in [0.1, 0.15) is 53.4 Å². The van der Waals surface area contributed by atoms with Crippen LogP contribution in [0.3, 0.4) is 0 Å². The third-order valence-electron chi connectivity index (χ3n) is 5.27. The SMILES string of the molecule is CC(C)[C@@H]1CC[C@]2(C)C=CC(=O)C[C@]2(C)C1. The average molecular weight is 220 g/mol. The molecule has 0 unspecified atom stereocenters. The number of ketones is 1. The molecule has 0 bridgehead atoms. The van der Waals surface area contributed by atoms with Gasteiger partial charge in [0, 0.05) is 6.42 Å². The molecule has 16 heavy (non-hydrogen) atoms. The van der Waals surface area contributed by atoms with Gasteiger partial charge in [-0.25, -0.2) is 0 Å². The van der Waals surface area contributed by atoms with Crippen LogP contribution in [0.25, 0.3) is 0 Å². The maximum Gasteiger partial charge on any atom is 0.155 e. The maximum atomic E-state index is 11.7. The lowest BCUT2D eigenvalue weighted by Gasteiger charge is -2.53. The Balaban J connectivity index is 2.27. The highest BCUT2D eigenvalue weighted by Gasteiger charge is 2.50. The predicted octanol–water partition coefficient (Wildman–Crippen LogP) is 3.98. The van der Waals surface area contributed by atoms with E-state index in [1.54, 1.807) is 0 Å². The van der Waals surface area contributed by atoms with E-state index in [0.29, 0.717) is 5.78 Å². The van der Waals surface area contributed by atoms with Crippen LogP contribution in [0.4, 0.5) is 0 Å². The molecule has 3 atom stereocenters. The Bertz CT molecular complexity index is 328. The summed E-state index contributed by atoms with van der Waals surface area (Å²) in [6.07, 6.45) is 8.55. The number of carbonyl (C=O) groups excluding carboxylic acids is 1. The van der Waals surface area contributed by atoms with Gasteiger partial charge < -0.3 is 0 Å². The minimum Gasteiger partial charge on any atom is -0.295 e. The van der Waals surface area contributed by atoms with Gasteiger partial charge >= 0.3 is 0 Å². The summed E-state index contributed by atoms with van der Waals surface area (Å²) in [4.78, 5) is 11.7. The molecule has 0 saturated heterocycles. The number of rotatable bonds is 1. The van der Waals surface area contributed by atoms with Gasteiger partial charge in [0.2, 0.25) is 0 Å². The Hall–Kier alpha value is -0.590. The fourth-order valence-electron chi connectivity index (χ4n) is 3.55. The Morgan fingerprint density at radius 2 is 2.06 bits per heavy atom. The molecule has 90 valence electrons. The van der Waals surface area contributed by atoms with E-state index in [1.807, 2.05) is 6.08 Å². The lowest BCUT2D eigenvalue weighted by molar-refractivity contribution is -0.121. The molecule has 2 aliphatic carbocycles. The highest BCUT2D eigenvalue weighted by Crippen LogP contribution is 2.57. The van der Waals surface area contributed by atoms with Crippen molar-refractivity contribution in [3.63, 3.8) is 0 Å². The van der Waals surface area contributed by atoms with E-state index in [9.17, 15) is 4.79 Å². The first-order valence-corrected chi connectivity index (χ1v) is 6.58. The Morgan fingerprint density at radius 3 is 2.69 bits per heavy atom. The van der Waals surface area contributed by atoms with Gasteiger partial charge in [0.25, 0.3) is 0 Å². The minimum atomic E-state index is 0.200. The normalized spacial score (nSPS) is 43.6. The number of allylic oxidation sites excluding steroid dienone is 2. The van der Waals surface area contributed by atoms with Crippen molar-refractivity contribution in [3.05, 3.63) is 12.2 Å². The molecule has 2 aliphatic rings. The van der Waals surface area contributed by atoms with Crippen LogP contribution in [0.15, 0.2) is 12.2 Å². The minimum absolute atomic E-state index is 0.200. The third-order valence-corrected chi connectivity index (χ3v) is 5.27. The molecule has 0 spiro atoms. The standard InChI is InChI=1S/C15H24O/c1-11(2)12-5-7-14(3)8-6-13(16)10-15(14,4)9-12/h6,8,11-12H,5,7,9-10H2,1-4H3/t12-,14-,15+/m1/s1. The summed E-state index contributed by atoms with van der Waals surface area (Å²) in [5.74, 6) is 1.88. The van der Waals surface area contributed by atoms with Crippen molar-refractivity contribution in [1.82, 2.24) is 0 Å². The van der Waals surface area contributed by atoms with Crippen molar-refractivity contribution < 1.29 is 4.79 Å². The molecule has 2 rings (SSSR count). The molecule has 0 N–H and O–H groups in total. The fourth-order valence-corrected chi connectivity index (χ4v) is 3.55. The molecule has 1 saturated carbocycles. The molecule has 1 heteroatoms. The Labute approximate surface area is 99.3 Å². The first kappa shape index (κ1) is 11.9. The summed E-state index contributed by atoms with van der Waals surface area (Å²) < 4.78 is 0. The lowest BCUT2D eigenvalue weighted by atomic mass is 9.51. The van der Waals surface area contributed by atoms with Crippen molar-refractivity contribution in [3.8, 4) is 0 Å². The van der Waals surface area contributed by atoms with Crippen LogP contribution < -0.4 is 0 Å². The van der Waals surface area contributed by atoms with Crippen LogP contribution in [-0.4, -0.2) is 5.78 Å². The van der Waals surface area contributed by atoms with Gasteiger partial charge in [0.05, 0.1) is 0 Å². The zero-order chi connectivity index (χ0) is 12.0. The van der Waals surface area contributed by atoms with E-state index in [4.69, 9.17) is 0 Å². The van der Waals surface area contributed by atoms with Gasteiger partial charge in [-0.2, -0.15) is 0 Å².